The molecule has 2 aliphatic heterocycles. The molecule has 1 aromatic heterocycles. The molecule has 30 heavy (non-hydrogen) atoms. The van der Waals surface area contributed by atoms with Crippen LogP contribution in [0.15, 0.2) is 42.5 Å². The van der Waals surface area contributed by atoms with Crippen molar-refractivity contribution in [3.05, 3.63) is 53.6 Å². The van der Waals surface area contributed by atoms with Gasteiger partial charge in [-0.25, -0.2) is 4.98 Å². The van der Waals surface area contributed by atoms with Crippen LogP contribution >= 0.6 is 0 Å². The van der Waals surface area contributed by atoms with Gasteiger partial charge in [0.1, 0.15) is 5.82 Å². The van der Waals surface area contributed by atoms with Gasteiger partial charge in [-0.1, -0.05) is 44.2 Å². The van der Waals surface area contributed by atoms with Crippen LogP contribution < -0.4 is 5.32 Å². The van der Waals surface area contributed by atoms with Crippen LogP contribution in [0.25, 0.3) is 22.4 Å². The summed E-state index contributed by atoms with van der Waals surface area (Å²) in [7, 11) is 0. The summed E-state index contributed by atoms with van der Waals surface area (Å²) in [5.74, 6) is 0.933. The molecule has 0 aliphatic carbocycles. The Labute approximate surface area is 178 Å². The van der Waals surface area contributed by atoms with Gasteiger partial charge in [0, 0.05) is 37.3 Å². The van der Waals surface area contributed by atoms with Crippen LogP contribution in [0.2, 0.25) is 0 Å². The quantitative estimate of drug-likeness (QED) is 0.679. The number of para-hydroxylation sites is 1. The molecule has 0 radical (unpaired) electrons. The van der Waals surface area contributed by atoms with Gasteiger partial charge >= 0.3 is 0 Å². The number of benzene rings is 2. The Morgan fingerprint density at radius 2 is 1.77 bits per heavy atom. The fraction of sp³-hybridized carbons (Fsp3) is 0.440. The molecule has 1 N–H and O–H groups in total. The largest absolute Gasteiger partial charge is 0.350 e. The summed E-state index contributed by atoms with van der Waals surface area (Å²) in [6, 6.07) is 16.1. The van der Waals surface area contributed by atoms with Crippen LogP contribution in [0.1, 0.15) is 55.5 Å². The van der Waals surface area contributed by atoms with Gasteiger partial charge in [-0.2, -0.15) is 0 Å². The summed E-state index contributed by atoms with van der Waals surface area (Å²) in [6.45, 7) is 7.00. The Hall–Kier alpha value is -2.66. The average Bonchev–Trinajstić information content (AvgIpc) is 3.29. The summed E-state index contributed by atoms with van der Waals surface area (Å²) in [5, 5.41) is 2.99. The molecule has 5 rings (SSSR count). The molecule has 156 valence electrons. The number of likely N-dealkylation sites (tertiary alicyclic amines) is 1. The SMILES string of the molecule is CC[C@@H]1CC[C@@H](CC)N1Cc1ccc(-c2nc3cccc4c3n2CCNC4=O)cc1. The first-order valence-corrected chi connectivity index (χ1v) is 11.3. The van der Waals surface area contributed by atoms with Crippen LogP contribution in [0.3, 0.4) is 0 Å². The zero-order valence-electron chi connectivity index (χ0n) is 17.9. The molecule has 0 bridgehead atoms. The van der Waals surface area contributed by atoms with Crippen molar-refractivity contribution in [3.63, 3.8) is 0 Å². The van der Waals surface area contributed by atoms with Gasteiger partial charge in [-0.3, -0.25) is 9.69 Å². The van der Waals surface area contributed by atoms with E-state index in [1.54, 1.807) is 0 Å². The maximum Gasteiger partial charge on any atom is 0.253 e. The van der Waals surface area contributed by atoms with E-state index in [2.05, 4.69) is 52.9 Å². The topological polar surface area (TPSA) is 50.2 Å². The number of nitrogens with zero attached hydrogens (tertiary/aromatic N) is 3. The predicted octanol–water partition coefficient (Wildman–Crippen LogP) is 4.60. The smallest absolute Gasteiger partial charge is 0.253 e. The zero-order chi connectivity index (χ0) is 20.7. The van der Waals surface area contributed by atoms with E-state index in [4.69, 9.17) is 4.98 Å². The van der Waals surface area contributed by atoms with E-state index < -0.39 is 0 Å². The minimum Gasteiger partial charge on any atom is -0.350 e. The van der Waals surface area contributed by atoms with Gasteiger partial charge in [0.2, 0.25) is 0 Å². The van der Waals surface area contributed by atoms with E-state index in [0.717, 1.165) is 35.5 Å². The Morgan fingerprint density at radius 3 is 2.47 bits per heavy atom. The number of hydrogen-bond donors (Lipinski definition) is 1. The molecule has 2 aliphatic rings. The number of nitrogens with one attached hydrogen (secondary N) is 1. The number of rotatable bonds is 5. The number of amides is 1. The fourth-order valence-corrected chi connectivity index (χ4v) is 5.30. The molecule has 0 spiro atoms. The lowest BCUT2D eigenvalue weighted by molar-refractivity contribution is 0.0956. The first-order valence-electron chi connectivity index (χ1n) is 11.3. The highest BCUT2D eigenvalue weighted by Crippen LogP contribution is 2.31. The van der Waals surface area contributed by atoms with Crippen LogP contribution in [0.4, 0.5) is 0 Å². The van der Waals surface area contributed by atoms with Gasteiger partial charge in [0.05, 0.1) is 16.6 Å². The van der Waals surface area contributed by atoms with E-state index >= 15 is 0 Å². The molecule has 0 saturated carbocycles. The second-order valence-corrected chi connectivity index (χ2v) is 8.59. The lowest BCUT2D eigenvalue weighted by Crippen LogP contribution is -2.34. The number of carbonyl (C=O) groups excluding carboxylic acids is 1. The summed E-state index contributed by atoms with van der Waals surface area (Å²) in [6.07, 6.45) is 5.11. The summed E-state index contributed by atoms with van der Waals surface area (Å²) >= 11 is 0. The molecular weight excluding hydrogens is 372 g/mol. The third-order valence-corrected chi connectivity index (χ3v) is 6.92. The van der Waals surface area contributed by atoms with Gasteiger partial charge in [-0.15, -0.1) is 0 Å². The van der Waals surface area contributed by atoms with Crippen molar-refractivity contribution in [2.24, 2.45) is 0 Å². The average molecular weight is 403 g/mol. The Bertz CT molecular complexity index is 1060. The third kappa shape index (κ3) is 3.21. The molecule has 5 nitrogen and oxygen atoms in total. The van der Waals surface area contributed by atoms with E-state index in [1.807, 2.05) is 18.2 Å². The Morgan fingerprint density at radius 1 is 1.03 bits per heavy atom. The predicted molar refractivity (Wildman–Crippen MR) is 120 cm³/mol. The molecule has 3 aromatic rings. The minimum atomic E-state index is -0.0114. The van der Waals surface area contributed by atoms with Crippen molar-refractivity contribution in [1.29, 1.82) is 0 Å². The Balaban J connectivity index is 1.46. The summed E-state index contributed by atoms with van der Waals surface area (Å²) in [5.41, 5.74) is 5.01. The van der Waals surface area contributed by atoms with E-state index in [9.17, 15) is 4.79 Å². The minimum absolute atomic E-state index is 0.0114. The highest BCUT2D eigenvalue weighted by molar-refractivity contribution is 6.06. The molecule has 3 heterocycles. The molecule has 5 heteroatoms. The number of hydrogen-bond acceptors (Lipinski definition) is 3. The van der Waals surface area contributed by atoms with Crippen LogP contribution in [-0.2, 0) is 13.1 Å². The third-order valence-electron chi connectivity index (χ3n) is 6.92. The van der Waals surface area contributed by atoms with Crippen LogP contribution in [-0.4, -0.2) is 39.0 Å². The van der Waals surface area contributed by atoms with E-state index in [0.29, 0.717) is 24.2 Å². The van der Waals surface area contributed by atoms with Crippen molar-refractivity contribution >= 4 is 16.9 Å². The number of aromatic nitrogens is 2. The standard InChI is InChI=1S/C25H30N4O/c1-3-19-12-13-20(4-2)29(19)16-17-8-10-18(11-9-17)24-27-22-7-5-6-21-23(22)28(24)15-14-26-25(21)30/h5-11,19-20H,3-4,12-16H2,1-2H3,(H,26,30)/t19-,20-/m1/s1. The van der Waals surface area contributed by atoms with Gasteiger partial charge < -0.3 is 9.88 Å². The summed E-state index contributed by atoms with van der Waals surface area (Å²) in [4.78, 5) is 20.0. The van der Waals surface area contributed by atoms with Crippen molar-refractivity contribution in [2.75, 3.05) is 6.54 Å². The van der Waals surface area contributed by atoms with E-state index in [-0.39, 0.29) is 5.91 Å². The van der Waals surface area contributed by atoms with Crippen LogP contribution in [0.5, 0.6) is 0 Å². The lowest BCUT2D eigenvalue weighted by atomic mass is 10.1. The molecule has 1 amide bonds. The number of carbonyl (C=O) groups is 1. The monoisotopic (exact) mass is 402 g/mol. The molecule has 1 fully saturated rings. The zero-order valence-corrected chi connectivity index (χ0v) is 17.9. The van der Waals surface area contributed by atoms with Gasteiger partial charge in [-0.05, 0) is 43.4 Å². The molecular formula is C25H30N4O. The van der Waals surface area contributed by atoms with Crippen LogP contribution in [0, 0.1) is 0 Å². The van der Waals surface area contributed by atoms with Crippen molar-refractivity contribution < 1.29 is 4.79 Å². The van der Waals surface area contributed by atoms with Gasteiger partial charge in [0.25, 0.3) is 5.91 Å². The van der Waals surface area contributed by atoms with Crippen molar-refractivity contribution in [1.82, 2.24) is 19.8 Å². The molecule has 1 saturated heterocycles. The summed E-state index contributed by atoms with van der Waals surface area (Å²) < 4.78 is 2.19. The fourth-order valence-electron chi connectivity index (χ4n) is 5.30. The highest BCUT2D eigenvalue weighted by atomic mass is 16.1. The molecule has 2 atom stereocenters. The highest BCUT2D eigenvalue weighted by Gasteiger charge is 2.30. The lowest BCUT2D eigenvalue weighted by Gasteiger charge is -2.29. The second kappa shape index (κ2) is 7.88. The second-order valence-electron chi connectivity index (χ2n) is 8.59. The maximum atomic E-state index is 12.4. The van der Waals surface area contributed by atoms with E-state index in [1.165, 1.54) is 31.2 Å². The molecule has 0 unspecified atom stereocenters. The van der Waals surface area contributed by atoms with Crippen molar-refractivity contribution in [2.45, 2.75) is 64.7 Å². The maximum absolute atomic E-state index is 12.4. The Kier molecular flexibility index (Phi) is 5.07. The number of imidazole rings is 1. The first-order chi connectivity index (χ1) is 14.7. The first kappa shape index (κ1) is 19.3. The van der Waals surface area contributed by atoms with Gasteiger partial charge in [0.15, 0.2) is 0 Å². The normalized spacial score (nSPS) is 21.7. The van der Waals surface area contributed by atoms with Crippen molar-refractivity contribution in [3.8, 4) is 11.4 Å². The molecule has 2 aromatic carbocycles.